The number of nitrogens with zero attached hydrogens (tertiary/aromatic N) is 1. The summed E-state index contributed by atoms with van der Waals surface area (Å²) in [6, 6.07) is 1.49. The van der Waals surface area contributed by atoms with Crippen molar-refractivity contribution in [2.75, 3.05) is 24.2 Å². The van der Waals surface area contributed by atoms with Crippen LogP contribution < -0.4 is 16.8 Å². The normalized spacial score (nSPS) is 12.1. The molecule has 6 nitrogen and oxygen atoms in total. The molecule has 1 aromatic rings. The lowest BCUT2D eigenvalue weighted by Gasteiger charge is -2.13. The van der Waals surface area contributed by atoms with Crippen molar-refractivity contribution >= 4 is 17.4 Å². The van der Waals surface area contributed by atoms with Crippen LogP contribution in [0.2, 0.25) is 0 Å². The molecule has 1 aromatic heterocycles. The summed E-state index contributed by atoms with van der Waals surface area (Å²) in [5, 5.41) is 11.8. The van der Waals surface area contributed by atoms with Gasteiger partial charge in [0.25, 0.3) is 5.91 Å². The molecule has 17 heavy (non-hydrogen) atoms. The van der Waals surface area contributed by atoms with E-state index < -0.39 is 5.91 Å². The molecule has 1 rings (SSSR count). The maximum atomic E-state index is 11.2. The van der Waals surface area contributed by atoms with Crippen LogP contribution in [0.1, 0.15) is 23.7 Å². The van der Waals surface area contributed by atoms with Crippen LogP contribution in [-0.2, 0) is 0 Å². The molecule has 1 unspecified atom stereocenters. The van der Waals surface area contributed by atoms with E-state index in [4.69, 9.17) is 16.6 Å². The molecule has 0 saturated heterocycles. The molecule has 0 aromatic carbocycles. The molecule has 0 aliphatic heterocycles. The molecule has 1 heterocycles. The number of carbonyl (C=O) groups excluding carboxylic acids is 1. The minimum absolute atomic E-state index is 0.140. The molecular formula is C11H18N4O2. The highest BCUT2D eigenvalue weighted by atomic mass is 16.3. The monoisotopic (exact) mass is 238 g/mol. The maximum Gasteiger partial charge on any atom is 0.252 e. The van der Waals surface area contributed by atoms with E-state index >= 15 is 0 Å². The number of hydrogen-bond donors (Lipinski definition) is 4. The number of aliphatic hydroxyl groups is 1. The van der Waals surface area contributed by atoms with Crippen LogP contribution in [-0.4, -0.2) is 29.1 Å². The second-order valence-electron chi connectivity index (χ2n) is 4.03. The Bertz CT molecular complexity index is 395. The van der Waals surface area contributed by atoms with Crippen LogP contribution in [0.15, 0.2) is 12.3 Å². The van der Waals surface area contributed by atoms with Crippen molar-refractivity contribution in [3.05, 3.63) is 17.8 Å². The third kappa shape index (κ3) is 3.92. The van der Waals surface area contributed by atoms with Gasteiger partial charge in [-0.15, -0.1) is 0 Å². The van der Waals surface area contributed by atoms with Crippen LogP contribution in [0.25, 0.3) is 0 Å². The SMILES string of the molecule is CC(CCO)CNc1ncc(N)cc1C(N)=O. The zero-order valence-electron chi connectivity index (χ0n) is 9.81. The lowest BCUT2D eigenvalue weighted by atomic mass is 10.1. The Balaban J connectivity index is 2.73. The number of aromatic nitrogens is 1. The van der Waals surface area contributed by atoms with Gasteiger partial charge in [-0.3, -0.25) is 4.79 Å². The molecule has 0 spiro atoms. The molecular weight excluding hydrogens is 220 g/mol. The number of nitrogens with one attached hydrogen (secondary N) is 1. The number of hydrogen-bond acceptors (Lipinski definition) is 5. The van der Waals surface area contributed by atoms with Gasteiger partial charge in [-0.2, -0.15) is 0 Å². The predicted octanol–water partition coefficient (Wildman–Crippen LogP) is 0.193. The molecule has 6 heteroatoms. The first-order valence-corrected chi connectivity index (χ1v) is 5.44. The van der Waals surface area contributed by atoms with Gasteiger partial charge >= 0.3 is 0 Å². The van der Waals surface area contributed by atoms with Gasteiger partial charge in [0.2, 0.25) is 0 Å². The van der Waals surface area contributed by atoms with Crippen LogP contribution >= 0.6 is 0 Å². The standard InChI is InChI=1S/C11H18N4O2/c1-7(2-3-16)5-14-11-9(10(13)17)4-8(12)6-15-11/h4,6-7,16H,2-3,5,12H2,1H3,(H2,13,17)(H,14,15). The number of pyridine rings is 1. The average molecular weight is 238 g/mol. The van der Waals surface area contributed by atoms with Crippen LogP contribution in [0.4, 0.5) is 11.5 Å². The quantitative estimate of drug-likeness (QED) is 0.565. The van der Waals surface area contributed by atoms with Crippen LogP contribution in [0.3, 0.4) is 0 Å². The summed E-state index contributed by atoms with van der Waals surface area (Å²) in [7, 11) is 0. The average Bonchev–Trinajstić information content (AvgIpc) is 2.27. The minimum Gasteiger partial charge on any atom is -0.397 e. The Morgan fingerprint density at radius 2 is 2.35 bits per heavy atom. The molecule has 0 radical (unpaired) electrons. The summed E-state index contributed by atoms with van der Waals surface area (Å²) in [6.07, 6.45) is 2.15. The number of anilines is 2. The number of amides is 1. The summed E-state index contributed by atoms with van der Waals surface area (Å²) in [5.41, 5.74) is 11.4. The second kappa shape index (κ2) is 6.05. The number of rotatable bonds is 6. The number of aliphatic hydroxyl groups excluding tert-OH is 1. The minimum atomic E-state index is -0.567. The largest absolute Gasteiger partial charge is 0.397 e. The third-order valence-electron chi connectivity index (χ3n) is 2.41. The summed E-state index contributed by atoms with van der Waals surface area (Å²) in [6.45, 7) is 2.74. The fourth-order valence-electron chi connectivity index (χ4n) is 1.40. The van der Waals surface area contributed by atoms with E-state index in [1.165, 1.54) is 12.3 Å². The molecule has 0 aliphatic rings. The van der Waals surface area contributed by atoms with E-state index in [0.717, 1.165) is 0 Å². The molecule has 0 bridgehead atoms. The Morgan fingerprint density at radius 1 is 1.65 bits per heavy atom. The molecule has 6 N–H and O–H groups in total. The van der Waals surface area contributed by atoms with E-state index in [-0.39, 0.29) is 18.1 Å². The van der Waals surface area contributed by atoms with E-state index in [9.17, 15) is 4.79 Å². The number of nitrogen functional groups attached to an aromatic ring is 1. The van der Waals surface area contributed by atoms with E-state index in [0.29, 0.717) is 24.5 Å². The third-order valence-corrected chi connectivity index (χ3v) is 2.41. The zero-order chi connectivity index (χ0) is 12.8. The van der Waals surface area contributed by atoms with Gasteiger partial charge in [-0.1, -0.05) is 6.92 Å². The molecule has 1 atom stereocenters. The molecule has 0 aliphatic carbocycles. The predicted molar refractivity (Wildman–Crippen MR) is 66.5 cm³/mol. The van der Waals surface area contributed by atoms with E-state index in [1.807, 2.05) is 6.92 Å². The molecule has 0 fully saturated rings. The highest BCUT2D eigenvalue weighted by Gasteiger charge is 2.11. The van der Waals surface area contributed by atoms with E-state index in [1.54, 1.807) is 0 Å². The van der Waals surface area contributed by atoms with Gasteiger partial charge in [0, 0.05) is 13.2 Å². The van der Waals surface area contributed by atoms with Crippen molar-refractivity contribution in [3.8, 4) is 0 Å². The van der Waals surface area contributed by atoms with Crippen molar-refractivity contribution in [1.29, 1.82) is 0 Å². The van der Waals surface area contributed by atoms with Gasteiger partial charge in [0.1, 0.15) is 5.82 Å². The smallest absolute Gasteiger partial charge is 0.252 e. The molecule has 0 saturated carbocycles. The lowest BCUT2D eigenvalue weighted by Crippen LogP contribution is -2.19. The van der Waals surface area contributed by atoms with Gasteiger partial charge in [0.15, 0.2) is 0 Å². The first-order valence-electron chi connectivity index (χ1n) is 5.44. The summed E-state index contributed by atoms with van der Waals surface area (Å²) >= 11 is 0. The first kappa shape index (κ1) is 13.2. The Morgan fingerprint density at radius 3 is 2.94 bits per heavy atom. The number of carbonyl (C=O) groups is 1. The van der Waals surface area contributed by atoms with Crippen LogP contribution in [0, 0.1) is 5.92 Å². The highest BCUT2D eigenvalue weighted by Crippen LogP contribution is 2.15. The van der Waals surface area contributed by atoms with Crippen molar-refractivity contribution in [2.45, 2.75) is 13.3 Å². The number of primary amides is 1. The first-order chi connectivity index (χ1) is 8.04. The fraction of sp³-hybridized carbons (Fsp3) is 0.455. The summed E-state index contributed by atoms with van der Waals surface area (Å²) in [5.74, 6) is 0.138. The van der Waals surface area contributed by atoms with E-state index in [2.05, 4.69) is 10.3 Å². The van der Waals surface area contributed by atoms with Gasteiger partial charge in [0.05, 0.1) is 17.4 Å². The van der Waals surface area contributed by atoms with Crippen molar-refractivity contribution < 1.29 is 9.90 Å². The molecule has 1 amide bonds. The number of nitrogens with two attached hydrogens (primary N) is 2. The Hall–Kier alpha value is -1.82. The molecule has 94 valence electrons. The van der Waals surface area contributed by atoms with Gasteiger partial charge in [-0.05, 0) is 18.4 Å². The van der Waals surface area contributed by atoms with Crippen LogP contribution in [0.5, 0.6) is 0 Å². The highest BCUT2D eigenvalue weighted by molar-refractivity contribution is 5.98. The van der Waals surface area contributed by atoms with Crippen molar-refractivity contribution in [1.82, 2.24) is 4.98 Å². The Kier molecular flexibility index (Phi) is 4.71. The van der Waals surface area contributed by atoms with Crippen molar-refractivity contribution in [2.24, 2.45) is 11.7 Å². The topological polar surface area (TPSA) is 114 Å². The summed E-state index contributed by atoms with van der Waals surface area (Å²) in [4.78, 5) is 15.2. The summed E-state index contributed by atoms with van der Waals surface area (Å²) < 4.78 is 0. The fourth-order valence-corrected chi connectivity index (χ4v) is 1.40. The Labute approximate surface area is 100 Å². The maximum absolute atomic E-state index is 11.2. The second-order valence-corrected chi connectivity index (χ2v) is 4.03. The van der Waals surface area contributed by atoms with Gasteiger partial charge < -0.3 is 21.9 Å². The van der Waals surface area contributed by atoms with Crippen molar-refractivity contribution in [3.63, 3.8) is 0 Å². The zero-order valence-corrected chi connectivity index (χ0v) is 9.81. The van der Waals surface area contributed by atoms with Gasteiger partial charge in [-0.25, -0.2) is 4.98 Å². The lowest BCUT2D eigenvalue weighted by molar-refractivity contribution is 0.100.